The highest BCUT2D eigenvalue weighted by Gasteiger charge is 2.33. The second-order valence-corrected chi connectivity index (χ2v) is 6.02. The molecule has 0 amide bonds. The van der Waals surface area contributed by atoms with Crippen LogP contribution in [0.5, 0.6) is 0 Å². The molecule has 3 heterocycles. The van der Waals surface area contributed by atoms with Gasteiger partial charge >= 0.3 is 5.69 Å². The normalized spacial score (nSPS) is 24.0. The van der Waals surface area contributed by atoms with Crippen LogP contribution < -0.4 is 11.2 Å². The van der Waals surface area contributed by atoms with Crippen LogP contribution in [0, 0.1) is 0 Å². The van der Waals surface area contributed by atoms with Gasteiger partial charge in [0, 0.05) is 32.4 Å². The van der Waals surface area contributed by atoms with E-state index in [0.717, 1.165) is 36.1 Å². The molecule has 0 aromatic carbocycles. The Morgan fingerprint density at radius 2 is 1.86 bits per heavy atom. The quantitative estimate of drug-likeness (QED) is 0.774. The maximum atomic E-state index is 12.0. The topological polar surface area (TPSA) is 65.7 Å². The monoisotopic (exact) mass is 309 g/mol. The number of hydrogen-bond donors (Lipinski definition) is 0. The van der Waals surface area contributed by atoms with Crippen molar-refractivity contribution in [2.24, 2.45) is 14.1 Å². The van der Waals surface area contributed by atoms with E-state index in [1.165, 1.54) is 7.05 Å². The molecule has 2 aliphatic heterocycles. The van der Waals surface area contributed by atoms with Crippen molar-refractivity contribution in [1.29, 1.82) is 0 Å². The summed E-state index contributed by atoms with van der Waals surface area (Å²) in [5.74, 6) is 0. The Balaban J connectivity index is 1.84. The summed E-state index contributed by atoms with van der Waals surface area (Å²) >= 11 is 0. The molecule has 0 saturated carbocycles. The Morgan fingerprint density at radius 1 is 1.14 bits per heavy atom. The van der Waals surface area contributed by atoms with Gasteiger partial charge in [-0.25, -0.2) is 4.79 Å². The van der Waals surface area contributed by atoms with Crippen molar-refractivity contribution in [3.8, 4) is 0 Å². The van der Waals surface area contributed by atoms with Crippen LogP contribution in [0.2, 0.25) is 0 Å². The van der Waals surface area contributed by atoms with Gasteiger partial charge in [0.05, 0.1) is 19.3 Å². The number of ether oxygens (including phenoxy) is 2. The third-order valence-corrected chi connectivity index (χ3v) is 4.62. The van der Waals surface area contributed by atoms with Gasteiger partial charge in [-0.15, -0.1) is 0 Å². The van der Waals surface area contributed by atoms with E-state index in [0.29, 0.717) is 19.8 Å². The molecule has 2 saturated heterocycles. The fourth-order valence-electron chi connectivity index (χ4n) is 3.26. The third kappa shape index (κ3) is 2.88. The van der Waals surface area contributed by atoms with Gasteiger partial charge in [-0.2, -0.15) is 0 Å². The van der Waals surface area contributed by atoms with Crippen LogP contribution in [0.25, 0.3) is 0 Å². The van der Waals surface area contributed by atoms with Crippen molar-refractivity contribution in [2.75, 3.05) is 19.8 Å². The summed E-state index contributed by atoms with van der Waals surface area (Å²) in [6.07, 6.45) is 3.09. The highest BCUT2D eigenvalue weighted by molar-refractivity contribution is 5.03. The summed E-state index contributed by atoms with van der Waals surface area (Å²) in [5.41, 5.74) is 0.183. The largest absolute Gasteiger partial charge is 0.349 e. The molecule has 0 spiro atoms. The maximum Gasteiger partial charge on any atom is 0.330 e. The predicted octanol–water partition coefficient (Wildman–Crippen LogP) is -0.189. The fraction of sp³-hybridized carbons (Fsp3) is 0.733. The first kappa shape index (κ1) is 15.5. The minimum Gasteiger partial charge on any atom is -0.349 e. The second kappa shape index (κ2) is 6.36. The lowest BCUT2D eigenvalue weighted by Gasteiger charge is -2.38. The molecule has 0 aliphatic carbocycles. The summed E-state index contributed by atoms with van der Waals surface area (Å²) in [5, 5.41) is 0. The lowest BCUT2D eigenvalue weighted by Crippen LogP contribution is -2.48. The number of hydrogen-bond acceptors (Lipinski definition) is 5. The SMILES string of the molecule is Cn1c(CN2CCCC[C@@H]2C2OCCO2)cc(=O)n(C)c1=O. The standard InChI is InChI=1S/C15H23N3O4/c1-16-11(9-13(19)17(2)15(16)20)10-18-6-4-3-5-12(18)14-21-7-8-22-14/h9,12,14H,3-8,10H2,1-2H3/t12-/m1/s1. The average molecular weight is 309 g/mol. The molecule has 122 valence electrons. The Hall–Kier alpha value is -1.44. The average Bonchev–Trinajstić information content (AvgIpc) is 3.05. The number of nitrogens with zero attached hydrogens (tertiary/aromatic N) is 3. The molecule has 1 atom stereocenters. The Morgan fingerprint density at radius 3 is 2.59 bits per heavy atom. The van der Waals surface area contributed by atoms with E-state index in [2.05, 4.69) is 4.90 Å². The van der Waals surface area contributed by atoms with Crippen molar-refractivity contribution in [3.05, 3.63) is 32.6 Å². The molecule has 0 unspecified atom stereocenters. The van der Waals surface area contributed by atoms with Crippen molar-refractivity contribution >= 4 is 0 Å². The Kier molecular flexibility index (Phi) is 4.46. The summed E-state index contributed by atoms with van der Waals surface area (Å²) in [6.45, 7) is 2.77. The van der Waals surface area contributed by atoms with Gasteiger partial charge < -0.3 is 9.47 Å². The molecule has 7 nitrogen and oxygen atoms in total. The van der Waals surface area contributed by atoms with Crippen molar-refractivity contribution in [2.45, 2.75) is 38.1 Å². The van der Waals surface area contributed by atoms with Crippen molar-refractivity contribution in [1.82, 2.24) is 14.0 Å². The molecule has 0 bridgehead atoms. The summed E-state index contributed by atoms with van der Waals surface area (Å²) in [7, 11) is 3.21. The van der Waals surface area contributed by atoms with Gasteiger partial charge in [-0.1, -0.05) is 6.42 Å². The van der Waals surface area contributed by atoms with Crippen LogP contribution in [-0.4, -0.2) is 46.1 Å². The number of likely N-dealkylation sites (tertiary alicyclic amines) is 1. The highest BCUT2D eigenvalue weighted by Crippen LogP contribution is 2.25. The molecule has 2 fully saturated rings. The minimum absolute atomic E-state index is 0.190. The van der Waals surface area contributed by atoms with Crippen LogP contribution >= 0.6 is 0 Å². The van der Waals surface area contributed by atoms with E-state index in [4.69, 9.17) is 9.47 Å². The van der Waals surface area contributed by atoms with E-state index in [9.17, 15) is 9.59 Å². The van der Waals surface area contributed by atoms with E-state index < -0.39 is 0 Å². The van der Waals surface area contributed by atoms with E-state index in [1.807, 2.05) is 0 Å². The third-order valence-electron chi connectivity index (χ3n) is 4.62. The van der Waals surface area contributed by atoms with Gasteiger partial charge in [0.25, 0.3) is 5.56 Å². The molecule has 1 aromatic heterocycles. The molecule has 2 aliphatic rings. The number of aromatic nitrogens is 2. The molecular formula is C15H23N3O4. The van der Waals surface area contributed by atoms with E-state index >= 15 is 0 Å². The van der Waals surface area contributed by atoms with Gasteiger partial charge in [-0.3, -0.25) is 18.8 Å². The first-order chi connectivity index (χ1) is 10.6. The molecule has 3 rings (SSSR count). The zero-order valence-corrected chi connectivity index (χ0v) is 13.2. The van der Waals surface area contributed by atoms with Crippen LogP contribution in [0.3, 0.4) is 0 Å². The minimum atomic E-state index is -0.288. The summed E-state index contributed by atoms with van der Waals surface area (Å²) < 4.78 is 14.0. The summed E-state index contributed by atoms with van der Waals surface area (Å²) in [6, 6.07) is 1.74. The lowest BCUT2D eigenvalue weighted by molar-refractivity contribution is -0.111. The second-order valence-electron chi connectivity index (χ2n) is 6.02. The van der Waals surface area contributed by atoms with Gasteiger partial charge in [0.1, 0.15) is 0 Å². The number of rotatable bonds is 3. The van der Waals surface area contributed by atoms with Gasteiger partial charge in [0.2, 0.25) is 0 Å². The van der Waals surface area contributed by atoms with E-state index in [-0.39, 0.29) is 23.6 Å². The Bertz CT molecular complexity index is 645. The zero-order chi connectivity index (χ0) is 15.7. The van der Waals surface area contributed by atoms with Crippen LogP contribution in [0.4, 0.5) is 0 Å². The molecule has 1 aromatic rings. The highest BCUT2D eigenvalue weighted by atomic mass is 16.7. The van der Waals surface area contributed by atoms with Crippen LogP contribution in [0.1, 0.15) is 25.0 Å². The number of piperidine rings is 1. The fourth-order valence-corrected chi connectivity index (χ4v) is 3.26. The molecule has 22 heavy (non-hydrogen) atoms. The van der Waals surface area contributed by atoms with Crippen LogP contribution in [0.15, 0.2) is 15.7 Å². The molecular weight excluding hydrogens is 286 g/mol. The van der Waals surface area contributed by atoms with Gasteiger partial charge in [0.15, 0.2) is 6.29 Å². The maximum absolute atomic E-state index is 12.0. The first-order valence-electron chi connectivity index (χ1n) is 7.81. The smallest absolute Gasteiger partial charge is 0.330 e. The first-order valence-corrected chi connectivity index (χ1v) is 7.81. The Labute approximate surface area is 129 Å². The molecule has 0 N–H and O–H groups in total. The van der Waals surface area contributed by atoms with Crippen LogP contribution in [-0.2, 0) is 30.1 Å². The van der Waals surface area contributed by atoms with Crippen molar-refractivity contribution < 1.29 is 9.47 Å². The molecule has 7 heteroatoms. The summed E-state index contributed by atoms with van der Waals surface area (Å²) in [4.78, 5) is 26.2. The predicted molar refractivity (Wildman–Crippen MR) is 80.7 cm³/mol. The van der Waals surface area contributed by atoms with Gasteiger partial charge in [-0.05, 0) is 19.4 Å². The molecule has 0 radical (unpaired) electrons. The van der Waals surface area contributed by atoms with Crippen molar-refractivity contribution in [3.63, 3.8) is 0 Å². The zero-order valence-electron chi connectivity index (χ0n) is 13.2. The lowest BCUT2D eigenvalue weighted by atomic mass is 10.0. The van der Waals surface area contributed by atoms with E-state index in [1.54, 1.807) is 17.7 Å².